The van der Waals surface area contributed by atoms with Crippen LogP contribution in [0.2, 0.25) is 0 Å². The minimum Gasteiger partial charge on any atom is -0.444 e. The Hall–Kier alpha value is -2.89. The summed E-state index contributed by atoms with van der Waals surface area (Å²) in [6, 6.07) is 1.32. The predicted molar refractivity (Wildman–Crippen MR) is 130 cm³/mol. The summed E-state index contributed by atoms with van der Waals surface area (Å²) in [6.07, 6.45) is -3.71. The molecule has 2 atom stereocenters. The zero-order valence-corrected chi connectivity index (χ0v) is 21.9. The highest BCUT2D eigenvalue weighted by atomic mass is 32.1. The molecule has 0 spiro atoms. The molecule has 0 bridgehead atoms. The van der Waals surface area contributed by atoms with Gasteiger partial charge in [0.15, 0.2) is 0 Å². The van der Waals surface area contributed by atoms with Crippen LogP contribution in [0.1, 0.15) is 68.8 Å². The number of nitrogens with one attached hydrogen (secondary N) is 2. The summed E-state index contributed by atoms with van der Waals surface area (Å²) in [5.41, 5.74) is -2.12. The summed E-state index contributed by atoms with van der Waals surface area (Å²) < 4.78 is 46.9. The number of carbonyl (C=O) groups is 2. The molecule has 12 heteroatoms. The van der Waals surface area contributed by atoms with Crippen LogP contribution >= 0.6 is 11.3 Å². The number of rotatable bonds is 3. The lowest BCUT2D eigenvalue weighted by Crippen LogP contribution is -2.49. The summed E-state index contributed by atoms with van der Waals surface area (Å²) in [7, 11) is 0. The van der Waals surface area contributed by atoms with E-state index in [-0.39, 0.29) is 34.4 Å². The molecule has 0 aromatic carbocycles. The van der Waals surface area contributed by atoms with Crippen molar-refractivity contribution in [2.45, 2.75) is 71.3 Å². The van der Waals surface area contributed by atoms with E-state index in [2.05, 4.69) is 20.6 Å². The first-order valence-corrected chi connectivity index (χ1v) is 12.5. The van der Waals surface area contributed by atoms with Gasteiger partial charge < -0.3 is 20.3 Å². The monoisotopic (exact) mass is 525 g/mol. The van der Waals surface area contributed by atoms with Crippen molar-refractivity contribution < 1.29 is 27.5 Å². The van der Waals surface area contributed by atoms with Gasteiger partial charge in [0, 0.05) is 30.2 Å². The van der Waals surface area contributed by atoms with Crippen molar-refractivity contribution >= 4 is 29.3 Å². The number of nitrogens with zero attached hydrogens (tertiary/aromatic N) is 3. The molecule has 2 amide bonds. The van der Waals surface area contributed by atoms with Crippen molar-refractivity contribution in [3.63, 3.8) is 0 Å². The number of ether oxygens (including phenoxy) is 1. The molecule has 4 rings (SSSR count). The number of hydrogen-bond acceptors (Lipinski definition) is 7. The quantitative estimate of drug-likeness (QED) is 0.568. The van der Waals surface area contributed by atoms with E-state index in [0.717, 1.165) is 17.5 Å². The van der Waals surface area contributed by atoms with Crippen molar-refractivity contribution in [2.75, 3.05) is 18.4 Å². The van der Waals surface area contributed by atoms with Crippen LogP contribution in [0, 0.1) is 5.92 Å². The van der Waals surface area contributed by atoms with Gasteiger partial charge in [-0.05, 0) is 53.0 Å². The number of amides is 2. The summed E-state index contributed by atoms with van der Waals surface area (Å²) >= 11 is 1.12. The van der Waals surface area contributed by atoms with E-state index in [9.17, 15) is 22.8 Å². The first-order valence-electron chi connectivity index (χ1n) is 11.7. The Morgan fingerprint density at radius 1 is 1.31 bits per heavy atom. The van der Waals surface area contributed by atoms with Crippen LogP contribution in [-0.4, -0.2) is 51.6 Å². The van der Waals surface area contributed by atoms with Crippen LogP contribution in [0.3, 0.4) is 0 Å². The lowest BCUT2D eigenvalue weighted by molar-refractivity contribution is -0.137. The van der Waals surface area contributed by atoms with E-state index in [1.165, 1.54) is 6.07 Å². The van der Waals surface area contributed by atoms with E-state index < -0.39 is 29.0 Å². The number of hydrogen-bond donors (Lipinski definition) is 2. The van der Waals surface area contributed by atoms with E-state index in [0.29, 0.717) is 30.0 Å². The average molecular weight is 526 g/mol. The lowest BCUT2D eigenvalue weighted by Gasteiger charge is -2.37. The third kappa shape index (κ3) is 5.28. The molecule has 2 aromatic rings. The Morgan fingerprint density at radius 2 is 2.00 bits per heavy atom. The van der Waals surface area contributed by atoms with Gasteiger partial charge in [0.1, 0.15) is 11.2 Å². The molecular formula is C24H30F3N5O3S. The number of aromatic nitrogens is 2. The molecule has 196 valence electrons. The largest absolute Gasteiger partial charge is 0.444 e. The first-order chi connectivity index (χ1) is 16.5. The Labute approximate surface area is 211 Å². The number of piperidine rings is 1. The van der Waals surface area contributed by atoms with Gasteiger partial charge in [-0.25, -0.2) is 14.8 Å². The van der Waals surface area contributed by atoms with Crippen LogP contribution < -0.4 is 10.6 Å². The molecule has 8 nitrogen and oxygen atoms in total. The number of alkyl halides is 3. The normalized spacial score (nSPS) is 21.7. The van der Waals surface area contributed by atoms with Gasteiger partial charge in [-0.1, -0.05) is 6.92 Å². The SMILES string of the molecule is C[C@@H]1CN(C(=O)OC(C)(C)C)CC[C@@H]1Nc1ncc(C(F)(F)F)c(-c2cc3c(s2)C(C)(C)NC3=O)n1. The zero-order valence-electron chi connectivity index (χ0n) is 21.0. The lowest BCUT2D eigenvalue weighted by atomic mass is 9.94. The van der Waals surface area contributed by atoms with E-state index in [4.69, 9.17) is 4.74 Å². The highest BCUT2D eigenvalue weighted by molar-refractivity contribution is 7.16. The summed E-state index contributed by atoms with van der Waals surface area (Å²) in [6.45, 7) is 11.8. The third-order valence-electron chi connectivity index (χ3n) is 6.17. The van der Waals surface area contributed by atoms with Crippen LogP contribution in [0.5, 0.6) is 0 Å². The number of carbonyl (C=O) groups excluding carboxylic acids is 2. The van der Waals surface area contributed by atoms with Gasteiger partial charge in [-0.2, -0.15) is 13.2 Å². The van der Waals surface area contributed by atoms with Crippen molar-refractivity contribution in [3.05, 3.63) is 28.3 Å². The highest BCUT2D eigenvalue weighted by Gasteiger charge is 2.41. The predicted octanol–water partition coefficient (Wildman–Crippen LogP) is 5.26. The number of thiophene rings is 1. The van der Waals surface area contributed by atoms with Crippen LogP contribution in [0.4, 0.5) is 23.9 Å². The van der Waals surface area contributed by atoms with Crippen molar-refractivity contribution in [1.29, 1.82) is 0 Å². The fourth-order valence-electron chi connectivity index (χ4n) is 4.41. The van der Waals surface area contributed by atoms with Crippen LogP contribution in [0.25, 0.3) is 10.6 Å². The molecule has 0 radical (unpaired) electrons. The Kier molecular flexibility index (Phi) is 6.47. The van der Waals surface area contributed by atoms with Gasteiger partial charge in [-0.3, -0.25) is 4.79 Å². The maximum atomic E-state index is 13.8. The smallest absolute Gasteiger partial charge is 0.420 e. The second-order valence-corrected chi connectivity index (χ2v) is 11.9. The topological polar surface area (TPSA) is 96.5 Å². The van der Waals surface area contributed by atoms with Gasteiger partial charge in [0.2, 0.25) is 5.95 Å². The molecule has 36 heavy (non-hydrogen) atoms. The van der Waals surface area contributed by atoms with E-state index >= 15 is 0 Å². The number of anilines is 1. The van der Waals surface area contributed by atoms with Crippen molar-refractivity contribution in [1.82, 2.24) is 20.2 Å². The van der Waals surface area contributed by atoms with Crippen molar-refractivity contribution in [2.24, 2.45) is 5.92 Å². The van der Waals surface area contributed by atoms with Crippen LogP contribution in [-0.2, 0) is 16.5 Å². The molecule has 0 saturated carbocycles. The molecule has 0 unspecified atom stereocenters. The fraction of sp³-hybridized carbons (Fsp3) is 0.583. The van der Waals surface area contributed by atoms with Gasteiger partial charge in [0.05, 0.1) is 21.7 Å². The second-order valence-electron chi connectivity index (χ2n) is 10.8. The average Bonchev–Trinajstić information content (AvgIpc) is 3.27. The molecule has 2 N–H and O–H groups in total. The number of likely N-dealkylation sites (tertiary alicyclic amines) is 1. The third-order valence-corrected chi connectivity index (χ3v) is 7.63. The Balaban J connectivity index is 1.57. The fourth-order valence-corrected chi connectivity index (χ4v) is 5.63. The van der Waals surface area contributed by atoms with E-state index in [1.54, 1.807) is 39.5 Å². The number of fused-ring (bicyclic) bond motifs is 1. The van der Waals surface area contributed by atoms with Gasteiger partial charge >= 0.3 is 12.3 Å². The maximum Gasteiger partial charge on any atom is 0.420 e. The highest BCUT2D eigenvalue weighted by Crippen LogP contribution is 2.44. The summed E-state index contributed by atoms with van der Waals surface area (Å²) in [5.74, 6) is -0.266. The molecule has 2 aromatic heterocycles. The molecule has 0 aliphatic carbocycles. The summed E-state index contributed by atoms with van der Waals surface area (Å²) in [5, 5.41) is 5.98. The Morgan fingerprint density at radius 3 is 2.58 bits per heavy atom. The minimum absolute atomic E-state index is 0.0179. The standard InChI is InChI=1S/C24H30F3N5O3S/c1-12-11-32(21(34)35-22(2,3)4)8-7-15(12)29-20-28-10-14(24(25,26)27)17(30-20)16-9-13-18(36-16)23(5,6)31-19(13)33/h9-10,12,15H,7-8,11H2,1-6H3,(H,31,33)(H,28,29,30)/t12-,15+/m1/s1. The second kappa shape index (κ2) is 8.89. The van der Waals surface area contributed by atoms with Crippen LogP contribution in [0.15, 0.2) is 12.3 Å². The Bertz CT molecular complexity index is 1190. The maximum absolute atomic E-state index is 13.8. The molecule has 1 fully saturated rings. The zero-order chi connectivity index (χ0) is 26.6. The number of halogens is 3. The van der Waals surface area contributed by atoms with Crippen molar-refractivity contribution in [3.8, 4) is 10.6 Å². The molecule has 1 saturated heterocycles. The van der Waals surface area contributed by atoms with Gasteiger partial charge in [-0.15, -0.1) is 11.3 Å². The first kappa shape index (κ1) is 26.2. The molecule has 4 heterocycles. The van der Waals surface area contributed by atoms with Gasteiger partial charge in [0.25, 0.3) is 5.91 Å². The minimum atomic E-state index is -4.66. The summed E-state index contributed by atoms with van der Waals surface area (Å²) in [4.78, 5) is 35.5. The molecule has 2 aliphatic heterocycles. The molecular weight excluding hydrogens is 495 g/mol. The molecule has 2 aliphatic rings. The van der Waals surface area contributed by atoms with E-state index in [1.807, 2.05) is 6.92 Å².